The molecule has 1 N–H and O–H groups in total. The summed E-state index contributed by atoms with van der Waals surface area (Å²) < 4.78 is 2.31. The Labute approximate surface area is 97.6 Å². The third-order valence-electron chi connectivity index (χ3n) is 2.33. The highest BCUT2D eigenvalue weighted by Crippen LogP contribution is 2.04. The second kappa shape index (κ2) is 4.27. The van der Waals surface area contributed by atoms with E-state index in [1.807, 2.05) is 6.07 Å². The molecule has 17 heavy (non-hydrogen) atoms. The number of hydrogen-bond donors (Lipinski definition) is 1. The number of aryl methyl sites for hydroxylation is 1. The number of rotatable bonds is 2. The highest BCUT2D eigenvalue weighted by molar-refractivity contribution is 6.45. The molecule has 0 saturated heterocycles. The second-order valence-electron chi connectivity index (χ2n) is 3.40. The fourth-order valence-corrected chi connectivity index (χ4v) is 1.48. The standard InChI is InChI=1S/C10H8BN4O2/c1-14-10(16)15(9(6-12)13-14)8-4-2-7(11-17)3-5-8/h2-5,17H,1H3. The molecule has 0 bridgehead atoms. The molecular formula is C10H8BN4O2. The third kappa shape index (κ3) is 1.86. The fourth-order valence-electron chi connectivity index (χ4n) is 1.48. The summed E-state index contributed by atoms with van der Waals surface area (Å²) in [5, 5.41) is 21.5. The van der Waals surface area contributed by atoms with E-state index in [0.29, 0.717) is 11.2 Å². The normalized spacial score (nSPS) is 9.94. The first-order valence-corrected chi connectivity index (χ1v) is 4.81. The van der Waals surface area contributed by atoms with Gasteiger partial charge >= 0.3 is 13.2 Å². The van der Waals surface area contributed by atoms with Crippen LogP contribution in [0.15, 0.2) is 29.1 Å². The molecule has 0 amide bonds. The van der Waals surface area contributed by atoms with Crippen molar-refractivity contribution in [1.82, 2.24) is 14.3 Å². The molecule has 0 aliphatic carbocycles. The molecule has 1 radical (unpaired) electrons. The minimum absolute atomic E-state index is 0.0261. The molecular weight excluding hydrogens is 219 g/mol. The summed E-state index contributed by atoms with van der Waals surface area (Å²) in [4.78, 5) is 11.8. The number of nitrogens with zero attached hydrogens (tertiary/aromatic N) is 4. The molecule has 6 nitrogen and oxygen atoms in total. The van der Waals surface area contributed by atoms with Crippen LogP contribution in [0, 0.1) is 11.3 Å². The van der Waals surface area contributed by atoms with Gasteiger partial charge in [0.1, 0.15) is 6.07 Å². The molecule has 0 fully saturated rings. The molecule has 1 aromatic carbocycles. The van der Waals surface area contributed by atoms with Crippen LogP contribution in [0.3, 0.4) is 0 Å². The molecule has 7 heteroatoms. The summed E-state index contributed by atoms with van der Waals surface area (Å²) in [6, 6.07) is 8.39. The molecule has 83 valence electrons. The lowest BCUT2D eigenvalue weighted by Gasteiger charge is -2.01. The molecule has 2 rings (SSSR count). The average molecular weight is 227 g/mol. The highest BCUT2D eigenvalue weighted by Gasteiger charge is 2.12. The van der Waals surface area contributed by atoms with E-state index < -0.39 is 0 Å². The molecule has 0 atom stereocenters. The van der Waals surface area contributed by atoms with Gasteiger partial charge in [-0.25, -0.2) is 14.0 Å². The van der Waals surface area contributed by atoms with Gasteiger partial charge in [0.15, 0.2) is 0 Å². The lowest BCUT2D eigenvalue weighted by molar-refractivity contribution is 0.615. The first-order chi connectivity index (χ1) is 8.17. The number of hydrogen-bond acceptors (Lipinski definition) is 4. The van der Waals surface area contributed by atoms with Gasteiger partial charge in [0.2, 0.25) is 5.82 Å². The van der Waals surface area contributed by atoms with Crippen LogP contribution in [0.25, 0.3) is 5.69 Å². The van der Waals surface area contributed by atoms with Crippen molar-refractivity contribution in [2.75, 3.05) is 0 Å². The largest absolute Gasteiger partial charge is 0.450 e. The molecule has 0 spiro atoms. The van der Waals surface area contributed by atoms with Crippen LogP contribution in [0.5, 0.6) is 0 Å². The Kier molecular flexibility index (Phi) is 2.81. The maximum absolute atomic E-state index is 11.8. The van der Waals surface area contributed by atoms with Crippen molar-refractivity contribution in [2.24, 2.45) is 7.05 Å². The first kappa shape index (κ1) is 11.2. The van der Waals surface area contributed by atoms with Gasteiger partial charge in [-0.05, 0) is 12.1 Å². The van der Waals surface area contributed by atoms with E-state index in [4.69, 9.17) is 10.3 Å². The van der Waals surface area contributed by atoms with E-state index in [9.17, 15) is 4.79 Å². The Balaban J connectivity index is 2.60. The molecule has 0 aliphatic rings. The zero-order valence-corrected chi connectivity index (χ0v) is 9.03. The minimum Gasteiger partial charge on any atom is -0.450 e. The summed E-state index contributed by atoms with van der Waals surface area (Å²) >= 11 is 0. The van der Waals surface area contributed by atoms with Crippen LogP contribution in [0.2, 0.25) is 0 Å². The van der Waals surface area contributed by atoms with Crippen molar-refractivity contribution in [3.05, 3.63) is 40.6 Å². The molecule has 0 unspecified atom stereocenters. The SMILES string of the molecule is Cn1nc(C#N)n(-c2ccc([B]O)cc2)c1=O. The fraction of sp³-hybridized carbons (Fsp3) is 0.100. The molecule has 0 saturated carbocycles. The number of benzene rings is 1. The molecule has 0 aliphatic heterocycles. The zero-order valence-electron chi connectivity index (χ0n) is 9.03. The average Bonchev–Trinajstić information content (AvgIpc) is 2.65. The molecule has 1 heterocycles. The summed E-state index contributed by atoms with van der Waals surface area (Å²) in [6.07, 6.45) is 0. The second-order valence-corrected chi connectivity index (χ2v) is 3.40. The van der Waals surface area contributed by atoms with E-state index >= 15 is 0 Å². The maximum Gasteiger partial charge on any atom is 0.351 e. The van der Waals surface area contributed by atoms with Crippen LogP contribution in [0.1, 0.15) is 5.82 Å². The Hall–Kier alpha value is -2.33. The van der Waals surface area contributed by atoms with Gasteiger partial charge in [0, 0.05) is 7.05 Å². The van der Waals surface area contributed by atoms with Crippen molar-refractivity contribution >= 4 is 12.9 Å². The third-order valence-corrected chi connectivity index (χ3v) is 2.33. The summed E-state index contributed by atoms with van der Waals surface area (Å²) in [6.45, 7) is 0. The summed E-state index contributed by atoms with van der Waals surface area (Å²) in [5.74, 6) is 0.0261. The van der Waals surface area contributed by atoms with Gasteiger partial charge < -0.3 is 5.02 Å². The van der Waals surface area contributed by atoms with Crippen LogP contribution in [-0.4, -0.2) is 26.9 Å². The van der Waals surface area contributed by atoms with E-state index in [1.54, 1.807) is 24.3 Å². The van der Waals surface area contributed by atoms with E-state index in [-0.39, 0.29) is 11.5 Å². The van der Waals surface area contributed by atoms with Crippen molar-refractivity contribution in [2.45, 2.75) is 0 Å². The Morgan fingerprint density at radius 3 is 2.59 bits per heavy atom. The van der Waals surface area contributed by atoms with Crippen molar-refractivity contribution in [3.63, 3.8) is 0 Å². The topological polar surface area (TPSA) is 83.8 Å². The zero-order chi connectivity index (χ0) is 12.4. The quantitative estimate of drug-likeness (QED) is 0.645. The van der Waals surface area contributed by atoms with Gasteiger partial charge in [-0.15, -0.1) is 5.10 Å². The lowest BCUT2D eigenvalue weighted by atomic mass is 9.89. The van der Waals surface area contributed by atoms with Gasteiger partial charge in [-0.2, -0.15) is 5.26 Å². The van der Waals surface area contributed by atoms with Crippen molar-refractivity contribution in [1.29, 1.82) is 5.26 Å². The van der Waals surface area contributed by atoms with Crippen LogP contribution in [-0.2, 0) is 7.05 Å². The Bertz CT molecular complexity index is 636. The van der Waals surface area contributed by atoms with Gasteiger partial charge in [-0.1, -0.05) is 17.6 Å². The van der Waals surface area contributed by atoms with Gasteiger partial charge in [0.25, 0.3) is 0 Å². The van der Waals surface area contributed by atoms with E-state index in [1.165, 1.54) is 11.6 Å². The van der Waals surface area contributed by atoms with Crippen molar-refractivity contribution in [3.8, 4) is 11.8 Å². The molecule has 2 aromatic rings. The highest BCUT2D eigenvalue weighted by atomic mass is 16.2. The summed E-state index contributed by atoms with van der Waals surface area (Å²) in [5.41, 5.74) is 0.761. The smallest absolute Gasteiger partial charge is 0.351 e. The maximum atomic E-state index is 11.8. The Morgan fingerprint density at radius 1 is 1.41 bits per heavy atom. The van der Waals surface area contributed by atoms with E-state index in [0.717, 1.165) is 12.2 Å². The van der Waals surface area contributed by atoms with Crippen LogP contribution >= 0.6 is 0 Å². The van der Waals surface area contributed by atoms with Gasteiger partial charge in [0.05, 0.1) is 5.69 Å². The predicted octanol–water partition coefficient (Wildman–Crippen LogP) is -1.32. The Morgan fingerprint density at radius 2 is 2.06 bits per heavy atom. The van der Waals surface area contributed by atoms with Gasteiger partial charge in [-0.3, -0.25) is 0 Å². The van der Waals surface area contributed by atoms with Crippen LogP contribution in [0.4, 0.5) is 0 Å². The molecule has 1 aromatic heterocycles. The van der Waals surface area contributed by atoms with E-state index in [2.05, 4.69) is 5.10 Å². The minimum atomic E-state index is -0.387. The number of nitriles is 1. The predicted molar refractivity (Wildman–Crippen MR) is 61.1 cm³/mol. The van der Waals surface area contributed by atoms with Crippen molar-refractivity contribution < 1.29 is 5.02 Å². The summed E-state index contributed by atoms with van der Waals surface area (Å²) in [7, 11) is 2.44. The van der Waals surface area contributed by atoms with Crippen LogP contribution < -0.4 is 11.2 Å². The number of aromatic nitrogens is 3. The monoisotopic (exact) mass is 227 g/mol. The first-order valence-electron chi connectivity index (χ1n) is 4.81. The lowest BCUT2D eigenvalue weighted by Crippen LogP contribution is -2.22.